The van der Waals surface area contributed by atoms with E-state index in [2.05, 4.69) is 52.3 Å². The first-order valence-electron chi connectivity index (χ1n) is 9.53. The standard InChI is InChI=1S/C21H28N2O2/c1-2-7-20-18(4-1)5-3-6-19(20)8-10-22-12-14-23(15-13-22)11-9-21-24-16-17-25-21/h1-7,21H,8-17H2. The van der Waals surface area contributed by atoms with Crippen molar-refractivity contribution in [2.45, 2.75) is 19.1 Å². The summed E-state index contributed by atoms with van der Waals surface area (Å²) < 4.78 is 11.1. The normalized spacial score (nSPS) is 20.5. The van der Waals surface area contributed by atoms with Gasteiger partial charge in [-0.15, -0.1) is 0 Å². The van der Waals surface area contributed by atoms with E-state index >= 15 is 0 Å². The molecule has 0 bridgehead atoms. The van der Waals surface area contributed by atoms with E-state index in [9.17, 15) is 0 Å². The van der Waals surface area contributed by atoms with Gasteiger partial charge in [-0.05, 0) is 22.8 Å². The lowest BCUT2D eigenvalue weighted by atomic mass is 10.0. The Morgan fingerprint density at radius 1 is 0.800 bits per heavy atom. The van der Waals surface area contributed by atoms with Crippen molar-refractivity contribution in [1.82, 2.24) is 9.80 Å². The van der Waals surface area contributed by atoms with E-state index in [0.29, 0.717) is 0 Å². The van der Waals surface area contributed by atoms with Crippen LogP contribution in [0.4, 0.5) is 0 Å². The average molecular weight is 340 g/mol. The van der Waals surface area contributed by atoms with Crippen LogP contribution in [0.3, 0.4) is 0 Å². The van der Waals surface area contributed by atoms with Gasteiger partial charge in [-0.3, -0.25) is 0 Å². The maximum Gasteiger partial charge on any atom is 0.159 e. The Hall–Kier alpha value is -1.46. The van der Waals surface area contributed by atoms with E-state index in [1.54, 1.807) is 0 Å². The number of rotatable bonds is 6. The summed E-state index contributed by atoms with van der Waals surface area (Å²) in [6.45, 7) is 8.39. The number of ether oxygens (including phenoxy) is 2. The molecule has 25 heavy (non-hydrogen) atoms. The third-order valence-electron chi connectivity index (χ3n) is 5.41. The highest BCUT2D eigenvalue weighted by atomic mass is 16.7. The molecule has 0 spiro atoms. The Morgan fingerprint density at radius 3 is 2.28 bits per heavy atom. The van der Waals surface area contributed by atoms with E-state index in [1.165, 1.54) is 16.3 Å². The van der Waals surface area contributed by atoms with Crippen molar-refractivity contribution >= 4 is 10.8 Å². The van der Waals surface area contributed by atoms with Gasteiger partial charge < -0.3 is 19.3 Å². The highest BCUT2D eigenvalue weighted by molar-refractivity contribution is 5.85. The molecule has 2 aromatic rings. The molecule has 2 fully saturated rings. The summed E-state index contributed by atoms with van der Waals surface area (Å²) in [7, 11) is 0. The number of hydrogen-bond donors (Lipinski definition) is 0. The summed E-state index contributed by atoms with van der Waals surface area (Å²) >= 11 is 0. The first kappa shape index (κ1) is 17.0. The molecule has 2 aromatic carbocycles. The van der Waals surface area contributed by atoms with Crippen molar-refractivity contribution in [2.24, 2.45) is 0 Å². The third kappa shape index (κ3) is 4.39. The molecule has 0 atom stereocenters. The monoisotopic (exact) mass is 340 g/mol. The van der Waals surface area contributed by atoms with Crippen molar-refractivity contribution in [3.63, 3.8) is 0 Å². The zero-order chi connectivity index (χ0) is 16.9. The molecule has 4 heteroatoms. The van der Waals surface area contributed by atoms with E-state index in [4.69, 9.17) is 9.47 Å². The van der Waals surface area contributed by atoms with Crippen LogP contribution in [0.25, 0.3) is 10.8 Å². The largest absolute Gasteiger partial charge is 0.350 e. The summed E-state index contributed by atoms with van der Waals surface area (Å²) in [5.41, 5.74) is 1.47. The van der Waals surface area contributed by atoms with Crippen LogP contribution in [-0.4, -0.2) is 68.6 Å². The highest BCUT2D eigenvalue weighted by Gasteiger charge is 2.20. The molecule has 0 unspecified atom stereocenters. The van der Waals surface area contributed by atoms with E-state index in [0.717, 1.165) is 65.3 Å². The van der Waals surface area contributed by atoms with Crippen molar-refractivity contribution < 1.29 is 9.47 Å². The third-order valence-corrected chi connectivity index (χ3v) is 5.41. The fourth-order valence-corrected chi connectivity index (χ4v) is 3.89. The molecular formula is C21H28N2O2. The second-order valence-corrected chi connectivity index (χ2v) is 7.03. The van der Waals surface area contributed by atoms with E-state index in [1.807, 2.05) is 0 Å². The van der Waals surface area contributed by atoms with Gasteiger partial charge in [-0.2, -0.15) is 0 Å². The first-order chi connectivity index (χ1) is 12.4. The Morgan fingerprint density at radius 2 is 1.48 bits per heavy atom. The minimum Gasteiger partial charge on any atom is -0.350 e. The van der Waals surface area contributed by atoms with Gasteiger partial charge in [-0.25, -0.2) is 0 Å². The SMILES string of the molecule is c1ccc2c(CCN3CCN(CCC4OCCO4)CC3)cccc2c1. The van der Waals surface area contributed by atoms with Crippen LogP contribution in [-0.2, 0) is 15.9 Å². The number of benzene rings is 2. The van der Waals surface area contributed by atoms with Gasteiger partial charge in [0, 0.05) is 45.7 Å². The van der Waals surface area contributed by atoms with Gasteiger partial charge in [0.05, 0.1) is 13.2 Å². The molecule has 4 nitrogen and oxygen atoms in total. The zero-order valence-electron chi connectivity index (χ0n) is 14.9. The zero-order valence-corrected chi connectivity index (χ0v) is 14.9. The topological polar surface area (TPSA) is 24.9 Å². The Bertz CT molecular complexity index is 671. The lowest BCUT2D eigenvalue weighted by molar-refractivity contribution is -0.0532. The molecular weight excluding hydrogens is 312 g/mol. The average Bonchev–Trinajstić information content (AvgIpc) is 3.19. The van der Waals surface area contributed by atoms with Crippen molar-refractivity contribution in [3.05, 3.63) is 48.0 Å². The van der Waals surface area contributed by atoms with E-state index in [-0.39, 0.29) is 6.29 Å². The number of piperazine rings is 1. The molecule has 4 rings (SSSR count). The van der Waals surface area contributed by atoms with Crippen molar-refractivity contribution in [2.75, 3.05) is 52.5 Å². The summed E-state index contributed by atoms with van der Waals surface area (Å²) in [6, 6.07) is 15.4. The number of nitrogens with zero attached hydrogens (tertiary/aromatic N) is 2. The van der Waals surface area contributed by atoms with Crippen LogP contribution < -0.4 is 0 Å². The van der Waals surface area contributed by atoms with Gasteiger partial charge in [0.1, 0.15) is 0 Å². The predicted molar refractivity (Wildman–Crippen MR) is 101 cm³/mol. The first-order valence-corrected chi connectivity index (χ1v) is 9.53. The summed E-state index contributed by atoms with van der Waals surface area (Å²) in [4.78, 5) is 5.14. The quantitative estimate of drug-likeness (QED) is 0.807. The summed E-state index contributed by atoms with van der Waals surface area (Å²) in [5, 5.41) is 2.75. The summed E-state index contributed by atoms with van der Waals surface area (Å²) in [5.74, 6) is 0. The van der Waals surface area contributed by atoms with Crippen LogP contribution in [0.1, 0.15) is 12.0 Å². The van der Waals surface area contributed by atoms with Crippen molar-refractivity contribution in [3.8, 4) is 0 Å². The second kappa shape index (κ2) is 8.28. The number of hydrogen-bond acceptors (Lipinski definition) is 4. The lowest BCUT2D eigenvalue weighted by Crippen LogP contribution is -2.47. The number of fused-ring (bicyclic) bond motifs is 1. The van der Waals surface area contributed by atoms with Gasteiger partial charge in [0.15, 0.2) is 6.29 Å². The molecule has 2 aliphatic rings. The van der Waals surface area contributed by atoms with Crippen LogP contribution >= 0.6 is 0 Å². The molecule has 0 saturated carbocycles. The molecule has 0 radical (unpaired) electrons. The lowest BCUT2D eigenvalue weighted by Gasteiger charge is -2.35. The molecule has 0 aromatic heterocycles. The molecule has 0 N–H and O–H groups in total. The fraction of sp³-hybridized carbons (Fsp3) is 0.524. The van der Waals surface area contributed by atoms with Crippen LogP contribution in [0.2, 0.25) is 0 Å². The molecule has 0 aliphatic carbocycles. The second-order valence-electron chi connectivity index (χ2n) is 7.03. The maximum atomic E-state index is 5.53. The Balaban J connectivity index is 1.23. The van der Waals surface area contributed by atoms with Gasteiger partial charge >= 0.3 is 0 Å². The smallest absolute Gasteiger partial charge is 0.159 e. The molecule has 2 saturated heterocycles. The predicted octanol–water partition coefficient (Wildman–Crippen LogP) is 2.76. The molecule has 0 amide bonds. The van der Waals surface area contributed by atoms with Gasteiger partial charge in [0.2, 0.25) is 0 Å². The Kier molecular flexibility index (Phi) is 5.62. The van der Waals surface area contributed by atoms with Crippen LogP contribution in [0, 0.1) is 0 Å². The van der Waals surface area contributed by atoms with Crippen LogP contribution in [0.5, 0.6) is 0 Å². The minimum atomic E-state index is 0.0318. The van der Waals surface area contributed by atoms with Crippen molar-refractivity contribution in [1.29, 1.82) is 0 Å². The van der Waals surface area contributed by atoms with E-state index < -0.39 is 0 Å². The van der Waals surface area contributed by atoms with Gasteiger partial charge in [0.25, 0.3) is 0 Å². The molecule has 2 aliphatic heterocycles. The summed E-state index contributed by atoms with van der Waals surface area (Å²) in [6.07, 6.45) is 2.16. The van der Waals surface area contributed by atoms with Gasteiger partial charge in [-0.1, -0.05) is 42.5 Å². The highest BCUT2D eigenvalue weighted by Crippen LogP contribution is 2.19. The minimum absolute atomic E-state index is 0.0318. The molecule has 134 valence electrons. The fourth-order valence-electron chi connectivity index (χ4n) is 3.89. The Labute approximate surface area is 150 Å². The molecule has 2 heterocycles. The van der Waals surface area contributed by atoms with Crippen LogP contribution in [0.15, 0.2) is 42.5 Å². The maximum absolute atomic E-state index is 5.53.